The van der Waals surface area contributed by atoms with E-state index in [1.807, 2.05) is 49.4 Å². The Morgan fingerprint density at radius 3 is 2.62 bits per heavy atom. The molecule has 0 saturated carbocycles. The fourth-order valence-corrected chi connectivity index (χ4v) is 2.35. The predicted molar refractivity (Wildman–Crippen MR) is 86.4 cm³/mol. The van der Waals surface area contributed by atoms with Gasteiger partial charge in [0.2, 0.25) is 5.69 Å². The third kappa shape index (κ3) is 2.88. The summed E-state index contributed by atoms with van der Waals surface area (Å²) in [7, 11) is 0. The van der Waals surface area contributed by atoms with Gasteiger partial charge in [0.25, 0.3) is 0 Å². The summed E-state index contributed by atoms with van der Waals surface area (Å²) in [5.74, 6) is 0. The molecule has 0 unspecified atom stereocenters. The van der Waals surface area contributed by atoms with Gasteiger partial charge in [0.1, 0.15) is 5.15 Å². The number of hydrogen-bond donors (Lipinski definition) is 0. The summed E-state index contributed by atoms with van der Waals surface area (Å²) in [5, 5.41) is 13.4. The standard InChI is InChI=1S/C17H13ClN2O/c1-12-7-8-16-13(9-12)10-14(17(18)19-16)11-20(21)15-5-3-2-4-6-15/h2-11H,1H3/b20-11+. The number of aromatic nitrogens is 1. The van der Waals surface area contributed by atoms with Crippen molar-refractivity contribution in [3.8, 4) is 0 Å². The second-order valence-corrected chi connectivity index (χ2v) is 5.21. The Kier molecular flexibility index (Phi) is 3.59. The molecule has 1 aromatic heterocycles. The lowest BCUT2D eigenvalue weighted by Crippen LogP contribution is -2.00. The number of nitrogens with zero attached hydrogens (tertiary/aromatic N) is 2. The van der Waals surface area contributed by atoms with Gasteiger partial charge in [-0.15, -0.1) is 0 Å². The first-order valence-electron chi connectivity index (χ1n) is 6.57. The number of benzene rings is 2. The van der Waals surface area contributed by atoms with Gasteiger partial charge < -0.3 is 5.21 Å². The third-order valence-electron chi connectivity index (χ3n) is 3.22. The van der Waals surface area contributed by atoms with Crippen molar-refractivity contribution in [3.05, 3.63) is 76.1 Å². The Bertz CT molecular complexity index is 829. The zero-order chi connectivity index (χ0) is 14.8. The summed E-state index contributed by atoms with van der Waals surface area (Å²) < 4.78 is 0.796. The van der Waals surface area contributed by atoms with Crippen molar-refractivity contribution in [3.63, 3.8) is 0 Å². The van der Waals surface area contributed by atoms with Crippen LogP contribution in [0.15, 0.2) is 54.6 Å². The van der Waals surface area contributed by atoms with Crippen LogP contribution < -0.4 is 0 Å². The summed E-state index contributed by atoms with van der Waals surface area (Å²) >= 11 is 6.17. The summed E-state index contributed by atoms with van der Waals surface area (Å²) in [6, 6.07) is 16.8. The predicted octanol–water partition coefficient (Wildman–Crippen LogP) is 4.46. The lowest BCUT2D eigenvalue weighted by atomic mass is 10.1. The van der Waals surface area contributed by atoms with Crippen molar-refractivity contribution >= 4 is 34.4 Å². The molecule has 0 aliphatic heterocycles. The van der Waals surface area contributed by atoms with E-state index in [4.69, 9.17) is 11.6 Å². The van der Waals surface area contributed by atoms with Crippen molar-refractivity contribution in [2.24, 2.45) is 0 Å². The van der Waals surface area contributed by atoms with E-state index in [1.54, 1.807) is 12.1 Å². The highest BCUT2D eigenvalue weighted by atomic mass is 35.5. The highest BCUT2D eigenvalue weighted by Crippen LogP contribution is 2.21. The minimum absolute atomic E-state index is 0.322. The molecule has 3 nitrogen and oxygen atoms in total. The van der Waals surface area contributed by atoms with E-state index in [-0.39, 0.29) is 0 Å². The minimum atomic E-state index is 0.322. The number of rotatable bonds is 2. The number of aryl methyl sites for hydroxylation is 1. The number of pyridine rings is 1. The molecule has 1 heterocycles. The highest BCUT2D eigenvalue weighted by molar-refractivity contribution is 6.32. The van der Waals surface area contributed by atoms with Crippen LogP contribution in [0.3, 0.4) is 0 Å². The van der Waals surface area contributed by atoms with Gasteiger partial charge in [-0.2, -0.15) is 4.74 Å². The van der Waals surface area contributed by atoms with Crippen molar-refractivity contribution in [1.82, 2.24) is 4.98 Å². The molecule has 0 spiro atoms. The SMILES string of the molecule is Cc1ccc2nc(Cl)c(/C=[N+](/[O-])c3ccccc3)cc2c1. The second kappa shape index (κ2) is 5.54. The van der Waals surface area contributed by atoms with Crippen LogP contribution in [0.5, 0.6) is 0 Å². The summed E-state index contributed by atoms with van der Waals surface area (Å²) in [5.41, 5.74) is 3.12. The van der Waals surface area contributed by atoms with E-state index >= 15 is 0 Å². The molecule has 3 aromatic rings. The van der Waals surface area contributed by atoms with Crippen LogP contribution in [-0.2, 0) is 0 Å². The van der Waals surface area contributed by atoms with Crippen molar-refractivity contribution in [1.29, 1.82) is 0 Å². The zero-order valence-electron chi connectivity index (χ0n) is 11.5. The van der Waals surface area contributed by atoms with Crippen LogP contribution in [0, 0.1) is 12.1 Å². The van der Waals surface area contributed by atoms with Gasteiger partial charge in [0, 0.05) is 17.5 Å². The van der Waals surface area contributed by atoms with Gasteiger partial charge in [-0.25, -0.2) is 4.98 Å². The third-order valence-corrected chi connectivity index (χ3v) is 3.52. The quantitative estimate of drug-likeness (QED) is 0.230. The number of halogens is 1. The van der Waals surface area contributed by atoms with Gasteiger partial charge >= 0.3 is 0 Å². The van der Waals surface area contributed by atoms with Gasteiger partial charge in [0.05, 0.1) is 11.1 Å². The van der Waals surface area contributed by atoms with Gasteiger partial charge in [0.15, 0.2) is 6.21 Å². The molecule has 4 heteroatoms. The number of para-hydroxylation sites is 1. The first kappa shape index (κ1) is 13.6. The van der Waals surface area contributed by atoms with E-state index in [2.05, 4.69) is 4.98 Å². The van der Waals surface area contributed by atoms with Gasteiger partial charge in [-0.3, -0.25) is 0 Å². The summed E-state index contributed by atoms with van der Waals surface area (Å²) in [6.45, 7) is 2.02. The monoisotopic (exact) mass is 296 g/mol. The maximum atomic E-state index is 12.1. The fraction of sp³-hybridized carbons (Fsp3) is 0.0588. The van der Waals surface area contributed by atoms with Crippen LogP contribution >= 0.6 is 11.6 Å². The average Bonchev–Trinajstić information content (AvgIpc) is 2.49. The van der Waals surface area contributed by atoms with E-state index in [0.717, 1.165) is 21.2 Å². The number of hydrogen-bond acceptors (Lipinski definition) is 2. The van der Waals surface area contributed by atoms with Crippen molar-refractivity contribution < 1.29 is 4.74 Å². The lowest BCUT2D eigenvalue weighted by Gasteiger charge is -2.05. The Morgan fingerprint density at radius 1 is 1.10 bits per heavy atom. The largest absolute Gasteiger partial charge is 0.618 e. The number of fused-ring (bicyclic) bond motifs is 1. The molecule has 2 aromatic carbocycles. The molecule has 104 valence electrons. The summed E-state index contributed by atoms with van der Waals surface area (Å²) in [4.78, 5) is 4.33. The van der Waals surface area contributed by atoms with Crippen molar-refractivity contribution in [2.75, 3.05) is 0 Å². The Balaban J connectivity index is 2.10. The van der Waals surface area contributed by atoms with Gasteiger partial charge in [-0.05, 0) is 25.1 Å². The molecule has 0 atom stereocenters. The molecule has 0 saturated heterocycles. The Morgan fingerprint density at radius 2 is 1.86 bits per heavy atom. The molecule has 0 aliphatic rings. The van der Waals surface area contributed by atoms with Crippen LogP contribution in [0.4, 0.5) is 5.69 Å². The van der Waals surface area contributed by atoms with Crippen LogP contribution in [-0.4, -0.2) is 15.9 Å². The van der Waals surface area contributed by atoms with Crippen LogP contribution in [0.25, 0.3) is 10.9 Å². The molecule has 0 amide bonds. The Hall–Kier alpha value is -2.39. The van der Waals surface area contributed by atoms with Gasteiger partial charge in [-0.1, -0.05) is 41.4 Å². The second-order valence-electron chi connectivity index (χ2n) is 4.86. The molecule has 0 fully saturated rings. The first-order chi connectivity index (χ1) is 10.1. The minimum Gasteiger partial charge on any atom is -0.618 e. The fourth-order valence-electron chi connectivity index (χ4n) is 2.16. The van der Waals surface area contributed by atoms with E-state index in [9.17, 15) is 5.21 Å². The molecule has 3 rings (SSSR count). The molecule has 21 heavy (non-hydrogen) atoms. The first-order valence-corrected chi connectivity index (χ1v) is 6.94. The maximum Gasteiger partial charge on any atom is 0.216 e. The van der Waals surface area contributed by atoms with Crippen molar-refractivity contribution in [2.45, 2.75) is 6.92 Å². The Labute approximate surface area is 127 Å². The molecule has 0 radical (unpaired) electrons. The van der Waals surface area contributed by atoms with Crippen LogP contribution in [0.2, 0.25) is 5.15 Å². The van der Waals surface area contributed by atoms with E-state index in [1.165, 1.54) is 6.21 Å². The average molecular weight is 297 g/mol. The van der Waals surface area contributed by atoms with E-state index < -0.39 is 0 Å². The smallest absolute Gasteiger partial charge is 0.216 e. The normalized spacial score (nSPS) is 11.8. The highest BCUT2D eigenvalue weighted by Gasteiger charge is 2.08. The molecular formula is C17H13ClN2O. The molecular weight excluding hydrogens is 284 g/mol. The molecule has 0 aliphatic carbocycles. The lowest BCUT2D eigenvalue weighted by molar-refractivity contribution is -0.354. The molecule has 0 N–H and O–H groups in total. The maximum absolute atomic E-state index is 12.1. The zero-order valence-corrected chi connectivity index (χ0v) is 12.2. The summed E-state index contributed by atoms with van der Waals surface area (Å²) in [6.07, 6.45) is 1.45. The molecule has 0 bridgehead atoms. The van der Waals surface area contributed by atoms with E-state index in [0.29, 0.717) is 16.4 Å². The topological polar surface area (TPSA) is 39.0 Å². The van der Waals surface area contributed by atoms with Crippen LogP contribution in [0.1, 0.15) is 11.1 Å².